The van der Waals surface area contributed by atoms with E-state index in [0.717, 1.165) is 11.3 Å². The van der Waals surface area contributed by atoms with Crippen molar-refractivity contribution in [2.24, 2.45) is 0 Å². The topological polar surface area (TPSA) is 74.4 Å². The molecule has 0 saturated heterocycles. The first-order chi connectivity index (χ1) is 13.1. The van der Waals surface area contributed by atoms with Crippen LogP contribution in [0.15, 0.2) is 30.7 Å². The Labute approximate surface area is 155 Å². The Kier molecular flexibility index (Phi) is 5.15. The molecule has 0 radical (unpaired) electrons. The largest absolute Gasteiger partial charge is 0.465 e. The molecule has 0 aliphatic carbocycles. The normalized spacial score (nSPS) is 13.7. The van der Waals surface area contributed by atoms with Gasteiger partial charge < -0.3 is 9.47 Å². The van der Waals surface area contributed by atoms with Crippen molar-refractivity contribution in [3.05, 3.63) is 36.5 Å². The zero-order valence-corrected chi connectivity index (χ0v) is 14.6. The van der Waals surface area contributed by atoms with Crippen molar-refractivity contribution < 1.29 is 31.4 Å². The van der Waals surface area contributed by atoms with Gasteiger partial charge in [-0.15, -0.1) is 10.2 Å². The summed E-state index contributed by atoms with van der Waals surface area (Å²) in [6.07, 6.45) is -6.50. The summed E-state index contributed by atoms with van der Waals surface area (Å²) < 4.78 is 75.8. The van der Waals surface area contributed by atoms with E-state index in [1.54, 1.807) is 0 Å². The third-order valence-corrected chi connectivity index (χ3v) is 3.67. The van der Waals surface area contributed by atoms with Gasteiger partial charge in [-0.25, -0.2) is 4.98 Å². The number of ether oxygens (including phenoxy) is 2. The minimum absolute atomic E-state index is 0.0741. The van der Waals surface area contributed by atoms with Gasteiger partial charge in [-0.3, -0.25) is 9.38 Å². The van der Waals surface area contributed by atoms with Crippen LogP contribution in [-0.2, 0) is 10.8 Å². The van der Waals surface area contributed by atoms with Crippen LogP contribution in [0.5, 0.6) is 5.88 Å². The lowest BCUT2D eigenvalue weighted by Crippen LogP contribution is -2.31. The molecule has 3 heterocycles. The summed E-state index contributed by atoms with van der Waals surface area (Å²) in [7, 11) is 0. The molecule has 0 N–H and O–H groups in total. The second-order valence-corrected chi connectivity index (χ2v) is 5.66. The number of halogens is 5. The monoisotopic (exact) mass is 403 g/mol. The Morgan fingerprint density at radius 1 is 1.07 bits per heavy atom. The van der Waals surface area contributed by atoms with Crippen LogP contribution >= 0.6 is 0 Å². The van der Waals surface area contributed by atoms with Gasteiger partial charge in [-0.2, -0.15) is 22.0 Å². The highest BCUT2D eigenvalue weighted by Crippen LogP contribution is 2.29. The molecule has 0 bridgehead atoms. The lowest BCUT2D eigenvalue weighted by molar-refractivity contribution is -0.251. The highest BCUT2D eigenvalue weighted by molar-refractivity contribution is 5.59. The molecule has 12 heteroatoms. The van der Waals surface area contributed by atoms with E-state index in [-0.39, 0.29) is 23.8 Å². The predicted molar refractivity (Wildman–Crippen MR) is 85.7 cm³/mol. The Hall–Kier alpha value is -2.89. The molecule has 3 rings (SSSR count). The van der Waals surface area contributed by atoms with Crippen molar-refractivity contribution in [3.63, 3.8) is 0 Å². The SMILES string of the molecule is CCOC(F)(F)c1nnc2cnc(-c3ccc(O[C@@H](C)C(F)(F)F)nc3)cn12. The van der Waals surface area contributed by atoms with E-state index in [0.29, 0.717) is 5.56 Å². The van der Waals surface area contributed by atoms with E-state index in [4.69, 9.17) is 4.74 Å². The van der Waals surface area contributed by atoms with E-state index >= 15 is 0 Å². The summed E-state index contributed by atoms with van der Waals surface area (Å²) >= 11 is 0. The molecule has 0 amide bonds. The molecular formula is C16H14F5N5O2. The lowest BCUT2D eigenvalue weighted by atomic mass is 10.2. The molecule has 150 valence electrons. The predicted octanol–water partition coefficient (Wildman–Crippen LogP) is 3.60. The molecule has 0 spiro atoms. The molecule has 0 unspecified atom stereocenters. The number of fused-ring (bicyclic) bond motifs is 1. The van der Waals surface area contributed by atoms with Crippen molar-refractivity contribution >= 4 is 5.65 Å². The molecule has 0 aromatic carbocycles. The second kappa shape index (κ2) is 7.26. The molecule has 0 saturated carbocycles. The highest BCUT2D eigenvalue weighted by atomic mass is 19.4. The maximum Gasteiger partial charge on any atom is 0.425 e. The first kappa shape index (κ1) is 19.9. The molecule has 1 atom stereocenters. The number of pyridine rings is 1. The average Bonchev–Trinajstić information content (AvgIpc) is 3.05. The van der Waals surface area contributed by atoms with Crippen molar-refractivity contribution in [1.82, 2.24) is 24.6 Å². The van der Waals surface area contributed by atoms with Crippen LogP contribution in [-0.4, -0.2) is 43.5 Å². The van der Waals surface area contributed by atoms with Gasteiger partial charge in [-0.1, -0.05) is 0 Å². The summed E-state index contributed by atoms with van der Waals surface area (Å²) in [5.74, 6) is -0.956. The molecule has 0 aliphatic heterocycles. The van der Waals surface area contributed by atoms with Crippen molar-refractivity contribution in [1.29, 1.82) is 0 Å². The van der Waals surface area contributed by atoms with Crippen LogP contribution in [0.2, 0.25) is 0 Å². The third-order valence-electron chi connectivity index (χ3n) is 3.67. The Morgan fingerprint density at radius 2 is 1.82 bits per heavy atom. The van der Waals surface area contributed by atoms with Gasteiger partial charge in [0.15, 0.2) is 11.8 Å². The Morgan fingerprint density at radius 3 is 2.43 bits per heavy atom. The summed E-state index contributed by atoms with van der Waals surface area (Å²) in [5, 5.41) is 7.07. The van der Waals surface area contributed by atoms with Crippen LogP contribution in [0.25, 0.3) is 16.9 Å². The maximum atomic E-state index is 14.0. The van der Waals surface area contributed by atoms with Gasteiger partial charge in [0.2, 0.25) is 11.7 Å². The number of hydrogen-bond donors (Lipinski definition) is 0. The van der Waals surface area contributed by atoms with Gasteiger partial charge in [0.1, 0.15) is 0 Å². The van der Waals surface area contributed by atoms with Crippen molar-refractivity contribution in [2.75, 3.05) is 6.61 Å². The van der Waals surface area contributed by atoms with E-state index in [1.807, 2.05) is 0 Å². The molecule has 3 aromatic heterocycles. The Bertz CT molecular complexity index is 958. The Balaban J connectivity index is 1.89. The molecular weight excluding hydrogens is 389 g/mol. The number of nitrogens with zero attached hydrogens (tertiary/aromatic N) is 5. The number of rotatable bonds is 6. The molecule has 3 aromatic rings. The van der Waals surface area contributed by atoms with Gasteiger partial charge in [0.05, 0.1) is 18.5 Å². The summed E-state index contributed by atoms with van der Waals surface area (Å²) in [6.45, 7) is 2.04. The van der Waals surface area contributed by atoms with Crippen LogP contribution in [0.1, 0.15) is 19.7 Å². The zero-order chi connectivity index (χ0) is 20.5. The van der Waals surface area contributed by atoms with E-state index < -0.39 is 24.2 Å². The molecule has 7 nitrogen and oxygen atoms in total. The minimum atomic E-state index is -4.52. The summed E-state index contributed by atoms with van der Waals surface area (Å²) in [5.41, 5.74) is 0.669. The zero-order valence-electron chi connectivity index (χ0n) is 14.6. The minimum Gasteiger partial charge on any atom is -0.465 e. The average molecular weight is 403 g/mol. The second-order valence-electron chi connectivity index (χ2n) is 5.66. The fourth-order valence-electron chi connectivity index (χ4n) is 2.24. The number of hydrogen-bond acceptors (Lipinski definition) is 6. The first-order valence-corrected chi connectivity index (χ1v) is 8.04. The lowest BCUT2D eigenvalue weighted by Gasteiger charge is -2.16. The van der Waals surface area contributed by atoms with Crippen molar-refractivity contribution in [2.45, 2.75) is 32.2 Å². The fraction of sp³-hybridized carbons (Fsp3) is 0.375. The maximum absolute atomic E-state index is 14.0. The van der Waals surface area contributed by atoms with Gasteiger partial charge in [-0.05, 0) is 19.9 Å². The number of aromatic nitrogens is 5. The van der Waals surface area contributed by atoms with Crippen LogP contribution in [0.3, 0.4) is 0 Å². The van der Waals surface area contributed by atoms with E-state index in [2.05, 4.69) is 24.9 Å². The van der Waals surface area contributed by atoms with Crippen molar-refractivity contribution in [3.8, 4) is 17.1 Å². The van der Waals surface area contributed by atoms with Crippen LogP contribution < -0.4 is 4.74 Å². The van der Waals surface area contributed by atoms with Gasteiger partial charge in [0.25, 0.3) is 0 Å². The third kappa shape index (κ3) is 4.01. The fourth-order valence-corrected chi connectivity index (χ4v) is 2.24. The quantitative estimate of drug-likeness (QED) is 0.586. The van der Waals surface area contributed by atoms with Gasteiger partial charge >= 0.3 is 12.3 Å². The van der Waals surface area contributed by atoms with Crippen LogP contribution in [0.4, 0.5) is 22.0 Å². The standard InChI is InChI=1S/C16H14F5N5O2/c1-3-27-16(20,21)14-25-24-12-7-22-11(8-26(12)14)10-4-5-13(23-6-10)28-9(2)15(17,18)19/h4-9H,3H2,1-2H3/t9-/m0/s1. The molecule has 0 fully saturated rings. The van der Waals surface area contributed by atoms with Gasteiger partial charge in [0, 0.05) is 24.0 Å². The summed E-state index contributed by atoms with van der Waals surface area (Å²) in [6, 6.07) is 2.63. The summed E-state index contributed by atoms with van der Waals surface area (Å²) in [4.78, 5) is 7.88. The highest BCUT2D eigenvalue weighted by Gasteiger charge is 2.39. The van der Waals surface area contributed by atoms with Crippen LogP contribution in [0, 0.1) is 0 Å². The first-order valence-electron chi connectivity index (χ1n) is 8.04. The molecule has 28 heavy (non-hydrogen) atoms. The number of alkyl halides is 5. The van der Waals surface area contributed by atoms with E-state index in [9.17, 15) is 22.0 Å². The van der Waals surface area contributed by atoms with E-state index in [1.165, 1.54) is 37.6 Å². The smallest absolute Gasteiger partial charge is 0.425 e. The molecule has 0 aliphatic rings.